The standard InChI is InChI=1S/C20H27FN2O2/c1-14-13-23(10-11-25-14)17-6-8-22(9-7-17)20(24)19-12-18(19)15-2-4-16(21)5-3-15/h2-5,14,17-19H,6-13H2,1H3/t14-,18+,19-/m1/s1. The van der Waals surface area contributed by atoms with E-state index in [1.165, 1.54) is 12.1 Å². The van der Waals surface area contributed by atoms with E-state index in [2.05, 4.69) is 16.7 Å². The molecule has 25 heavy (non-hydrogen) atoms. The zero-order chi connectivity index (χ0) is 17.4. The Balaban J connectivity index is 1.28. The fourth-order valence-electron chi connectivity index (χ4n) is 4.41. The van der Waals surface area contributed by atoms with Gasteiger partial charge in [0.25, 0.3) is 0 Å². The first kappa shape index (κ1) is 17.0. The van der Waals surface area contributed by atoms with E-state index < -0.39 is 0 Å². The monoisotopic (exact) mass is 346 g/mol. The van der Waals surface area contributed by atoms with Gasteiger partial charge in [0.05, 0.1) is 12.7 Å². The SMILES string of the molecule is C[C@@H]1CN(C2CCN(C(=O)[C@@H]3C[C@H]3c3ccc(F)cc3)CC2)CCO1. The summed E-state index contributed by atoms with van der Waals surface area (Å²) >= 11 is 0. The number of ether oxygens (including phenoxy) is 1. The number of likely N-dealkylation sites (tertiary alicyclic amines) is 1. The molecular weight excluding hydrogens is 319 g/mol. The van der Waals surface area contributed by atoms with Crippen LogP contribution in [-0.4, -0.2) is 60.6 Å². The molecule has 3 fully saturated rings. The summed E-state index contributed by atoms with van der Waals surface area (Å²) < 4.78 is 18.7. The van der Waals surface area contributed by atoms with Crippen molar-refractivity contribution < 1.29 is 13.9 Å². The van der Waals surface area contributed by atoms with Crippen molar-refractivity contribution in [1.82, 2.24) is 9.80 Å². The third kappa shape index (κ3) is 3.72. The number of carbonyl (C=O) groups excluding carboxylic acids is 1. The van der Waals surface area contributed by atoms with E-state index in [1.807, 2.05) is 12.1 Å². The number of hydrogen-bond acceptors (Lipinski definition) is 3. The van der Waals surface area contributed by atoms with Crippen molar-refractivity contribution in [2.45, 2.75) is 44.2 Å². The lowest BCUT2D eigenvalue weighted by Gasteiger charge is -2.41. The lowest BCUT2D eigenvalue weighted by Crippen LogP contribution is -2.52. The number of hydrogen-bond donors (Lipinski definition) is 0. The Labute approximate surface area is 148 Å². The van der Waals surface area contributed by atoms with Crippen molar-refractivity contribution in [2.24, 2.45) is 5.92 Å². The lowest BCUT2D eigenvalue weighted by atomic mass is 10.0. The van der Waals surface area contributed by atoms with Gasteiger partial charge < -0.3 is 9.64 Å². The molecule has 3 atom stereocenters. The first-order valence-corrected chi connectivity index (χ1v) is 9.51. The second-order valence-corrected chi connectivity index (χ2v) is 7.73. The second-order valence-electron chi connectivity index (χ2n) is 7.73. The van der Waals surface area contributed by atoms with Gasteiger partial charge in [0.1, 0.15) is 5.82 Å². The molecule has 4 rings (SSSR count). The van der Waals surface area contributed by atoms with Crippen LogP contribution in [0, 0.1) is 11.7 Å². The van der Waals surface area contributed by atoms with Crippen LogP contribution in [0.25, 0.3) is 0 Å². The smallest absolute Gasteiger partial charge is 0.226 e. The average Bonchev–Trinajstić information content (AvgIpc) is 3.43. The topological polar surface area (TPSA) is 32.8 Å². The third-order valence-corrected chi connectivity index (χ3v) is 5.97. The summed E-state index contributed by atoms with van der Waals surface area (Å²) in [4.78, 5) is 17.4. The van der Waals surface area contributed by atoms with Crippen LogP contribution < -0.4 is 0 Å². The van der Waals surface area contributed by atoms with E-state index in [9.17, 15) is 9.18 Å². The number of nitrogens with zero attached hydrogens (tertiary/aromatic N) is 2. The molecule has 0 unspecified atom stereocenters. The minimum absolute atomic E-state index is 0.102. The Hall–Kier alpha value is -1.46. The van der Waals surface area contributed by atoms with Crippen LogP contribution in [0.1, 0.15) is 37.7 Å². The number of amides is 1. The highest BCUT2D eigenvalue weighted by Crippen LogP contribution is 2.48. The molecule has 0 N–H and O–H groups in total. The van der Waals surface area contributed by atoms with Crippen molar-refractivity contribution in [3.63, 3.8) is 0 Å². The van der Waals surface area contributed by atoms with E-state index in [1.54, 1.807) is 0 Å². The molecule has 1 amide bonds. The molecule has 1 aromatic rings. The van der Waals surface area contributed by atoms with E-state index in [-0.39, 0.29) is 17.7 Å². The summed E-state index contributed by atoms with van der Waals surface area (Å²) in [5.74, 6) is 0.464. The van der Waals surface area contributed by atoms with Gasteiger partial charge >= 0.3 is 0 Å². The van der Waals surface area contributed by atoms with Crippen molar-refractivity contribution in [3.05, 3.63) is 35.6 Å². The molecule has 4 nitrogen and oxygen atoms in total. The third-order valence-electron chi connectivity index (χ3n) is 5.97. The Morgan fingerprint density at radius 3 is 2.56 bits per heavy atom. The highest BCUT2D eigenvalue weighted by molar-refractivity contribution is 5.83. The minimum atomic E-state index is -0.216. The van der Waals surface area contributed by atoms with Gasteiger partial charge in [0.2, 0.25) is 5.91 Å². The molecule has 3 aliphatic rings. The molecule has 0 radical (unpaired) electrons. The Bertz CT molecular complexity index is 613. The maximum absolute atomic E-state index is 13.0. The van der Waals surface area contributed by atoms with E-state index in [0.29, 0.717) is 18.1 Å². The van der Waals surface area contributed by atoms with Crippen LogP contribution in [0.5, 0.6) is 0 Å². The number of piperidine rings is 1. The number of halogens is 1. The number of rotatable bonds is 3. The molecule has 136 valence electrons. The van der Waals surface area contributed by atoms with Crippen LogP contribution in [0.3, 0.4) is 0 Å². The molecule has 2 heterocycles. The van der Waals surface area contributed by atoms with E-state index in [0.717, 1.165) is 57.6 Å². The van der Waals surface area contributed by atoms with Crippen LogP contribution >= 0.6 is 0 Å². The van der Waals surface area contributed by atoms with Crippen molar-refractivity contribution in [3.8, 4) is 0 Å². The van der Waals surface area contributed by atoms with Crippen LogP contribution in [0.4, 0.5) is 4.39 Å². The maximum Gasteiger partial charge on any atom is 0.226 e. The van der Waals surface area contributed by atoms with E-state index >= 15 is 0 Å². The Kier molecular flexibility index (Phi) is 4.78. The van der Waals surface area contributed by atoms with Gasteiger partial charge in [-0.2, -0.15) is 0 Å². The normalized spacial score (nSPS) is 31.1. The number of morpholine rings is 1. The molecule has 2 saturated heterocycles. The molecule has 1 saturated carbocycles. The molecule has 0 spiro atoms. The first-order valence-electron chi connectivity index (χ1n) is 9.51. The molecule has 2 aliphatic heterocycles. The molecule has 1 aromatic carbocycles. The van der Waals surface area contributed by atoms with Crippen LogP contribution in [-0.2, 0) is 9.53 Å². The largest absolute Gasteiger partial charge is 0.376 e. The summed E-state index contributed by atoms with van der Waals surface area (Å²) in [5.41, 5.74) is 1.09. The summed E-state index contributed by atoms with van der Waals surface area (Å²) in [6.07, 6.45) is 3.35. The first-order chi connectivity index (χ1) is 12.1. The highest BCUT2D eigenvalue weighted by Gasteiger charge is 2.46. The fourth-order valence-corrected chi connectivity index (χ4v) is 4.41. The predicted octanol–water partition coefficient (Wildman–Crippen LogP) is 2.64. The average molecular weight is 346 g/mol. The summed E-state index contributed by atoms with van der Waals surface area (Å²) in [6, 6.07) is 7.20. The zero-order valence-electron chi connectivity index (χ0n) is 14.9. The predicted molar refractivity (Wildman–Crippen MR) is 93.8 cm³/mol. The van der Waals surface area contributed by atoms with Crippen molar-refractivity contribution in [2.75, 3.05) is 32.8 Å². The number of benzene rings is 1. The van der Waals surface area contributed by atoms with Gasteiger partial charge in [-0.05, 0) is 49.8 Å². The number of carbonyl (C=O) groups is 1. The summed E-state index contributed by atoms with van der Waals surface area (Å²) in [6.45, 7) is 6.70. The van der Waals surface area contributed by atoms with E-state index in [4.69, 9.17) is 4.74 Å². The summed E-state index contributed by atoms with van der Waals surface area (Å²) in [5, 5.41) is 0. The van der Waals surface area contributed by atoms with Gasteiger partial charge in [-0.1, -0.05) is 12.1 Å². The fraction of sp³-hybridized carbons (Fsp3) is 0.650. The molecule has 1 aliphatic carbocycles. The van der Waals surface area contributed by atoms with Gasteiger partial charge in [0.15, 0.2) is 0 Å². The van der Waals surface area contributed by atoms with Crippen molar-refractivity contribution >= 4 is 5.91 Å². The van der Waals surface area contributed by atoms with Gasteiger partial charge in [-0.15, -0.1) is 0 Å². The Morgan fingerprint density at radius 2 is 1.88 bits per heavy atom. The minimum Gasteiger partial charge on any atom is -0.376 e. The Morgan fingerprint density at radius 1 is 1.16 bits per heavy atom. The maximum atomic E-state index is 13.0. The molecule has 5 heteroatoms. The van der Waals surface area contributed by atoms with Crippen LogP contribution in [0.2, 0.25) is 0 Å². The van der Waals surface area contributed by atoms with Crippen LogP contribution in [0.15, 0.2) is 24.3 Å². The van der Waals surface area contributed by atoms with Gasteiger partial charge in [-0.3, -0.25) is 9.69 Å². The second kappa shape index (κ2) is 7.04. The quantitative estimate of drug-likeness (QED) is 0.843. The van der Waals surface area contributed by atoms with Gasteiger partial charge in [-0.25, -0.2) is 4.39 Å². The highest BCUT2D eigenvalue weighted by atomic mass is 19.1. The molecule has 0 aromatic heterocycles. The van der Waals surface area contributed by atoms with Gasteiger partial charge in [0, 0.05) is 38.1 Å². The zero-order valence-corrected chi connectivity index (χ0v) is 14.9. The lowest BCUT2D eigenvalue weighted by molar-refractivity contribution is -0.134. The molecule has 0 bridgehead atoms. The summed E-state index contributed by atoms with van der Waals surface area (Å²) in [7, 11) is 0. The van der Waals surface area contributed by atoms with Crippen molar-refractivity contribution in [1.29, 1.82) is 0 Å². The molecular formula is C20H27FN2O2.